The predicted octanol–water partition coefficient (Wildman–Crippen LogP) is 5.46. The van der Waals surface area contributed by atoms with Gasteiger partial charge in [0.05, 0.1) is 32.1 Å². The number of benzene rings is 1. The lowest BCUT2D eigenvalue weighted by molar-refractivity contribution is -0.116. The van der Waals surface area contributed by atoms with Crippen molar-refractivity contribution in [2.24, 2.45) is 11.3 Å². The summed E-state index contributed by atoms with van der Waals surface area (Å²) < 4.78 is 12.4. The van der Waals surface area contributed by atoms with Crippen LogP contribution in [0.2, 0.25) is 0 Å². The molecule has 0 fully saturated rings. The first-order chi connectivity index (χ1) is 20.6. The topological polar surface area (TPSA) is 131 Å². The Kier molecular flexibility index (Phi) is 10.5. The second-order valence-electron chi connectivity index (χ2n) is 11.3. The van der Waals surface area contributed by atoms with Gasteiger partial charge in [-0.05, 0) is 66.9 Å². The van der Waals surface area contributed by atoms with E-state index in [1.807, 2.05) is 17.6 Å². The standard InChI is InChI=1S/C31H38N6O4S2/c1-7-37-26(17-33-27(38)13-9-19-8-12-23(40-5)24(14-19)41-6)35-36-30(37)42-18-28(39)34-29-22(16-32)21-11-10-20(31(2,3)4)15-25(21)43-29/h8-9,12-14,20H,7,10-11,15,17-18H2,1-6H3,(H,33,38)(H,34,39)/b13-9+/t20-/m0/s1. The van der Waals surface area contributed by atoms with Crippen LogP contribution in [0, 0.1) is 22.7 Å². The molecule has 43 heavy (non-hydrogen) atoms. The van der Waals surface area contributed by atoms with Gasteiger partial charge in [-0.2, -0.15) is 5.26 Å². The number of nitrogens with zero attached hydrogens (tertiary/aromatic N) is 4. The molecule has 0 bridgehead atoms. The number of hydrogen-bond acceptors (Lipinski definition) is 9. The van der Waals surface area contributed by atoms with Crippen molar-refractivity contribution in [2.45, 2.75) is 65.2 Å². The normalized spacial score (nSPS) is 14.7. The summed E-state index contributed by atoms with van der Waals surface area (Å²) in [6.45, 7) is 9.49. The average molecular weight is 623 g/mol. The van der Waals surface area contributed by atoms with Crippen LogP contribution in [-0.2, 0) is 35.5 Å². The Balaban J connectivity index is 1.32. The van der Waals surface area contributed by atoms with Gasteiger partial charge in [0.2, 0.25) is 11.8 Å². The Bertz CT molecular complexity index is 1550. The molecule has 0 radical (unpaired) electrons. The number of hydrogen-bond donors (Lipinski definition) is 2. The lowest BCUT2D eigenvalue weighted by Crippen LogP contribution is -2.26. The second kappa shape index (κ2) is 14.1. The number of methoxy groups -OCH3 is 2. The van der Waals surface area contributed by atoms with Gasteiger partial charge in [0.15, 0.2) is 22.5 Å². The number of nitrogens with one attached hydrogen (secondary N) is 2. The molecule has 2 aromatic heterocycles. The summed E-state index contributed by atoms with van der Waals surface area (Å²) in [5.74, 6) is 1.97. The van der Waals surface area contributed by atoms with E-state index >= 15 is 0 Å². The molecular weight excluding hydrogens is 585 g/mol. The molecule has 1 aromatic carbocycles. The highest BCUT2D eigenvalue weighted by molar-refractivity contribution is 7.99. The third-order valence-corrected chi connectivity index (χ3v) is 9.69. The maximum Gasteiger partial charge on any atom is 0.244 e. The quantitative estimate of drug-likeness (QED) is 0.213. The van der Waals surface area contributed by atoms with Gasteiger partial charge < -0.3 is 24.7 Å². The van der Waals surface area contributed by atoms with Crippen molar-refractivity contribution in [3.05, 3.63) is 51.7 Å². The third-order valence-electron chi connectivity index (χ3n) is 7.55. The van der Waals surface area contributed by atoms with E-state index in [0.717, 1.165) is 30.4 Å². The summed E-state index contributed by atoms with van der Waals surface area (Å²) in [4.78, 5) is 26.6. The molecule has 2 amide bonds. The molecule has 1 aliphatic rings. The van der Waals surface area contributed by atoms with Crippen molar-refractivity contribution in [2.75, 3.05) is 25.3 Å². The zero-order chi connectivity index (χ0) is 31.1. The molecule has 0 aliphatic heterocycles. The zero-order valence-electron chi connectivity index (χ0n) is 25.4. The summed E-state index contributed by atoms with van der Waals surface area (Å²) in [6, 6.07) is 7.71. The molecule has 0 unspecified atom stereocenters. The molecule has 228 valence electrons. The number of thioether (sulfide) groups is 1. The number of ether oxygens (including phenoxy) is 2. The van der Waals surface area contributed by atoms with E-state index in [9.17, 15) is 14.9 Å². The van der Waals surface area contributed by atoms with Gasteiger partial charge in [-0.15, -0.1) is 21.5 Å². The SMILES string of the molecule is CCn1c(CNC(=O)/C=C/c2ccc(OC)c(OC)c2)nnc1SCC(=O)Nc1sc2c(c1C#N)CC[C@H](C(C)(C)C)C2. The minimum absolute atomic E-state index is 0.122. The molecule has 0 saturated carbocycles. The zero-order valence-corrected chi connectivity index (χ0v) is 27.1. The minimum atomic E-state index is -0.283. The Morgan fingerprint density at radius 3 is 2.67 bits per heavy atom. The summed E-state index contributed by atoms with van der Waals surface area (Å²) in [6.07, 6.45) is 5.98. The Hall–Kier alpha value is -3.82. The second-order valence-corrected chi connectivity index (χ2v) is 13.3. The highest BCUT2D eigenvalue weighted by atomic mass is 32.2. The van der Waals surface area contributed by atoms with E-state index in [1.54, 1.807) is 32.4 Å². The largest absolute Gasteiger partial charge is 0.493 e. The number of amides is 2. The predicted molar refractivity (Wildman–Crippen MR) is 169 cm³/mol. The van der Waals surface area contributed by atoms with E-state index in [4.69, 9.17) is 9.47 Å². The molecule has 0 spiro atoms. The molecule has 12 heteroatoms. The van der Waals surface area contributed by atoms with Gasteiger partial charge in [0.1, 0.15) is 11.1 Å². The maximum atomic E-state index is 12.9. The van der Waals surface area contributed by atoms with Crippen molar-refractivity contribution < 1.29 is 19.1 Å². The smallest absolute Gasteiger partial charge is 0.244 e. The Morgan fingerprint density at radius 2 is 2.00 bits per heavy atom. The van der Waals surface area contributed by atoms with Crippen molar-refractivity contribution in [3.8, 4) is 17.6 Å². The van der Waals surface area contributed by atoms with Crippen LogP contribution in [0.15, 0.2) is 29.4 Å². The molecule has 4 rings (SSSR count). The number of nitriles is 1. The number of carbonyl (C=O) groups is 2. The van der Waals surface area contributed by atoms with Crippen LogP contribution in [0.3, 0.4) is 0 Å². The van der Waals surface area contributed by atoms with Crippen molar-refractivity contribution >= 4 is 46.0 Å². The van der Waals surface area contributed by atoms with Gasteiger partial charge in [-0.25, -0.2) is 0 Å². The summed E-state index contributed by atoms with van der Waals surface area (Å²) in [7, 11) is 3.13. The van der Waals surface area contributed by atoms with E-state index in [-0.39, 0.29) is 29.5 Å². The van der Waals surface area contributed by atoms with Gasteiger partial charge in [-0.1, -0.05) is 38.6 Å². The van der Waals surface area contributed by atoms with Gasteiger partial charge >= 0.3 is 0 Å². The van der Waals surface area contributed by atoms with E-state index in [1.165, 1.54) is 34.1 Å². The van der Waals surface area contributed by atoms with E-state index in [2.05, 4.69) is 47.7 Å². The van der Waals surface area contributed by atoms with Crippen LogP contribution < -0.4 is 20.1 Å². The number of rotatable bonds is 11. The van der Waals surface area contributed by atoms with Crippen LogP contribution in [0.4, 0.5) is 5.00 Å². The van der Waals surface area contributed by atoms with Crippen LogP contribution in [0.1, 0.15) is 61.5 Å². The molecule has 3 aromatic rings. The molecule has 10 nitrogen and oxygen atoms in total. The highest BCUT2D eigenvalue weighted by Gasteiger charge is 2.32. The van der Waals surface area contributed by atoms with E-state index in [0.29, 0.717) is 45.5 Å². The highest BCUT2D eigenvalue weighted by Crippen LogP contribution is 2.44. The molecule has 1 aliphatic carbocycles. The van der Waals surface area contributed by atoms with Gasteiger partial charge in [0, 0.05) is 17.5 Å². The number of anilines is 1. The van der Waals surface area contributed by atoms with Crippen LogP contribution in [0.5, 0.6) is 11.5 Å². The Labute approximate surface area is 260 Å². The average Bonchev–Trinajstić information content (AvgIpc) is 3.56. The van der Waals surface area contributed by atoms with Crippen molar-refractivity contribution in [3.63, 3.8) is 0 Å². The van der Waals surface area contributed by atoms with E-state index < -0.39 is 0 Å². The Morgan fingerprint density at radius 1 is 1.23 bits per heavy atom. The number of aromatic nitrogens is 3. The fraction of sp³-hybridized carbons (Fsp3) is 0.452. The van der Waals surface area contributed by atoms with Gasteiger partial charge in [0.25, 0.3) is 0 Å². The van der Waals surface area contributed by atoms with Crippen LogP contribution in [-0.4, -0.2) is 46.6 Å². The number of carbonyl (C=O) groups excluding carboxylic acids is 2. The van der Waals surface area contributed by atoms with Crippen molar-refractivity contribution in [1.29, 1.82) is 5.26 Å². The molecule has 0 saturated heterocycles. The maximum absolute atomic E-state index is 12.9. The lowest BCUT2D eigenvalue weighted by Gasteiger charge is -2.33. The first-order valence-electron chi connectivity index (χ1n) is 14.1. The molecular formula is C31H38N6O4S2. The summed E-state index contributed by atoms with van der Waals surface area (Å²) >= 11 is 2.80. The number of fused-ring (bicyclic) bond motifs is 1. The molecule has 2 heterocycles. The first-order valence-corrected chi connectivity index (χ1v) is 15.9. The minimum Gasteiger partial charge on any atom is -0.493 e. The third kappa shape index (κ3) is 7.77. The fourth-order valence-electron chi connectivity index (χ4n) is 5.05. The fourth-order valence-corrected chi connectivity index (χ4v) is 7.17. The summed E-state index contributed by atoms with van der Waals surface area (Å²) in [5.41, 5.74) is 2.68. The summed E-state index contributed by atoms with van der Waals surface area (Å²) in [5, 5.41) is 25.3. The van der Waals surface area contributed by atoms with Crippen molar-refractivity contribution in [1.82, 2.24) is 20.1 Å². The lowest BCUT2D eigenvalue weighted by atomic mass is 9.72. The monoisotopic (exact) mass is 622 g/mol. The van der Waals surface area contributed by atoms with Gasteiger partial charge in [-0.3, -0.25) is 9.59 Å². The van der Waals surface area contributed by atoms with Crippen LogP contribution in [0.25, 0.3) is 6.08 Å². The molecule has 1 atom stereocenters. The number of thiophene rings is 1. The molecule has 2 N–H and O–H groups in total. The first kappa shape index (κ1) is 32.1. The van der Waals surface area contributed by atoms with Crippen LogP contribution >= 0.6 is 23.1 Å².